The van der Waals surface area contributed by atoms with Crippen molar-refractivity contribution in [1.29, 1.82) is 0 Å². The van der Waals surface area contributed by atoms with E-state index in [1.54, 1.807) is 38.1 Å². The number of carbonyl (C=O) groups is 2. The summed E-state index contributed by atoms with van der Waals surface area (Å²) in [5, 5.41) is 9.69. The van der Waals surface area contributed by atoms with Gasteiger partial charge in [-0.25, -0.2) is 30.8 Å². The second-order valence-corrected chi connectivity index (χ2v) is 15.7. The van der Waals surface area contributed by atoms with Crippen LogP contribution in [0, 0.1) is 30.2 Å². The summed E-state index contributed by atoms with van der Waals surface area (Å²) in [7, 11) is -5.27. The number of carboxylic acids is 1. The van der Waals surface area contributed by atoms with E-state index in [1.807, 2.05) is 12.1 Å². The lowest BCUT2D eigenvalue weighted by atomic mass is 9.99. The average molecular weight is 804 g/mol. The molecule has 2 saturated carbocycles. The van der Waals surface area contributed by atoms with E-state index in [2.05, 4.69) is 22.0 Å². The molecule has 4 aromatic carbocycles. The van der Waals surface area contributed by atoms with Crippen molar-refractivity contribution in [3.8, 4) is 5.75 Å². The minimum Gasteiger partial charge on any atom is -0.492 e. The molecule has 0 atom stereocenters. The maximum Gasteiger partial charge on any atom is 0.335 e. The van der Waals surface area contributed by atoms with E-state index in [9.17, 15) is 36.3 Å². The molecule has 1 N–H and O–H groups in total. The average Bonchev–Trinajstić information content (AvgIpc) is 4.03. The molecule has 1 amide bonds. The molecule has 0 aromatic heterocycles. The van der Waals surface area contributed by atoms with Crippen molar-refractivity contribution in [3.63, 3.8) is 0 Å². The quantitative estimate of drug-likeness (QED) is 0.0779. The van der Waals surface area contributed by atoms with Gasteiger partial charge in [-0.05, 0) is 113 Å². The molecule has 0 radical (unpaired) electrons. The van der Waals surface area contributed by atoms with Crippen LogP contribution in [0.15, 0.2) is 70.0 Å². The molecule has 2 fully saturated rings. The topological polar surface area (TPSA) is 104 Å². The lowest BCUT2D eigenvalue weighted by Gasteiger charge is -2.29. The minimum atomic E-state index is -5.27. The molecule has 8 nitrogen and oxygen atoms in total. The number of hydrogen-bond acceptors (Lipinski definition) is 5. The van der Waals surface area contributed by atoms with E-state index in [0.29, 0.717) is 27.3 Å². The maximum absolute atomic E-state index is 15.3. The van der Waals surface area contributed by atoms with Gasteiger partial charge in [-0.3, -0.25) is 4.79 Å². The highest BCUT2D eigenvalue weighted by molar-refractivity contribution is 9.10. The second kappa shape index (κ2) is 15.0. The number of halogens is 5. The Bertz CT molecular complexity index is 2120. The van der Waals surface area contributed by atoms with Crippen molar-refractivity contribution in [2.75, 3.05) is 18.1 Å². The Morgan fingerprint density at radius 3 is 2.06 bits per heavy atom. The summed E-state index contributed by atoms with van der Waals surface area (Å²) in [5.74, 6) is -9.91. The highest BCUT2D eigenvalue weighted by Gasteiger charge is 2.38. The first-order valence-corrected chi connectivity index (χ1v) is 18.9. The van der Waals surface area contributed by atoms with Gasteiger partial charge < -0.3 is 14.7 Å². The lowest BCUT2D eigenvalue weighted by molar-refractivity contribution is -0.119. The van der Waals surface area contributed by atoms with E-state index >= 15 is 4.39 Å². The Morgan fingerprint density at radius 2 is 1.48 bits per heavy atom. The summed E-state index contributed by atoms with van der Waals surface area (Å²) in [6, 6.07) is 16.7. The van der Waals surface area contributed by atoms with Gasteiger partial charge in [0.1, 0.15) is 10.6 Å². The van der Waals surface area contributed by atoms with Gasteiger partial charge in [-0.15, -0.1) is 0 Å². The summed E-state index contributed by atoms with van der Waals surface area (Å²) in [5.41, 5.74) is 4.03. The number of rotatable bonds is 14. The molecule has 2 aliphatic rings. The van der Waals surface area contributed by atoms with Gasteiger partial charge in [0.05, 0.1) is 35.4 Å². The Kier molecular flexibility index (Phi) is 10.8. The number of aromatic carboxylic acids is 1. The molecule has 0 heterocycles. The van der Waals surface area contributed by atoms with Crippen molar-refractivity contribution in [1.82, 2.24) is 4.31 Å². The maximum atomic E-state index is 15.3. The van der Waals surface area contributed by atoms with Crippen LogP contribution in [-0.4, -0.2) is 42.9 Å². The Hall–Kier alpha value is -4.27. The number of carbonyl (C=O) groups excluding carboxylic acids is 1. The van der Waals surface area contributed by atoms with E-state index in [1.165, 1.54) is 23.1 Å². The Balaban J connectivity index is 1.48. The summed E-state index contributed by atoms with van der Waals surface area (Å²) >= 11 is 2.60. The number of benzene rings is 4. The first-order valence-electron chi connectivity index (χ1n) is 16.7. The normalized spacial score (nSPS) is 14.5. The molecule has 0 spiro atoms. The summed E-state index contributed by atoms with van der Waals surface area (Å²) in [6.45, 7) is 1.89. The number of ether oxygens (including phenoxy) is 1. The minimum absolute atomic E-state index is 0.0429. The van der Waals surface area contributed by atoms with Crippen molar-refractivity contribution in [3.05, 3.63) is 122 Å². The molecule has 0 aliphatic heterocycles. The number of nitrogens with zero attached hydrogens (tertiary/aromatic N) is 2. The number of sulfonamides is 1. The smallest absolute Gasteiger partial charge is 0.335 e. The molecule has 6 rings (SSSR count). The van der Waals surface area contributed by atoms with Gasteiger partial charge >= 0.3 is 5.97 Å². The molecular weight excluding hydrogens is 768 g/mol. The predicted molar refractivity (Wildman–Crippen MR) is 189 cm³/mol. The van der Waals surface area contributed by atoms with Crippen LogP contribution in [0.3, 0.4) is 0 Å². The van der Waals surface area contributed by atoms with Gasteiger partial charge in [0.2, 0.25) is 15.9 Å². The number of anilines is 1. The zero-order valence-corrected chi connectivity index (χ0v) is 30.7. The third-order valence-electron chi connectivity index (χ3n) is 9.26. The fraction of sp³-hybridized carbons (Fsp3) is 0.316. The van der Waals surface area contributed by atoms with Crippen LogP contribution in [0.25, 0.3) is 0 Å². The molecule has 0 unspecified atom stereocenters. The Labute approximate surface area is 307 Å². The SMILES string of the molecule is CCOc1cc(C(=O)O)ccc1N(Cc1cc(C2CC2)cc(C2CC2)c1)C(=O)CN(Cc1ccccc1C)S(=O)(=O)c1c(F)c(F)c(F)c(F)c1Br. The fourth-order valence-corrected chi connectivity index (χ4v) is 8.59. The molecule has 2 aliphatic carbocycles. The van der Waals surface area contributed by atoms with Gasteiger partial charge in [0, 0.05) is 6.54 Å². The third kappa shape index (κ3) is 7.74. The molecule has 14 heteroatoms. The van der Waals surface area contributed by atoms with Crippen LogP contribution in [-0.2, 0) is 27.9 Å². The van der Waals surface area contributed by atoms with Crippen LogP contribution in [0.2, 0.25) is 0 Å². The van der Waals surface area contributed by atoms with E-state index in [4.69, 9.17) is 4.74 Å². The van der Waals surface area contributed by atoms with E-state index < -0.39 is 67.6 Å². The highest BCUT2D eigenvalue weighted by atomic mass is 79.9. The number of aryl methyl sites for hydroxylation is 1. The van der Waals surface area contributed by atoms with Crippen molar-refractivity contribution in [2.24, 2.45) is 0 Å². The first-order chi connectivity index (χ1) is 24.7. The Morgan fingerprint density at radius 1 is 0.865 bits per heavy atom. The molecule has 4 aromatic rings. The number of amides is 1. The molecule has 274 valence electrons. The van der Waals surface area contributed by atoms with Crippen molar-refractivity contribution in [2.45, 2.75) is 69.4 Å². The summed E-state index contributed by atoms with van der Waals surface area (Å²) < 4.78 is 92.4. The molecule has 0 saturated heterocycles. The zero-order chi connectivity index (χ0) is 37.5. The fourth-order valence-electron chi connectivity index (χ4n) is 6.15. The van der Waals surface area contributed by atoms with E-state index in [-0.39, 0.29) is 30.2 Å². The zero-order valence-electron chi connectivity index (χ0n) is 28.3. The number of carboxylic acid groups (broad SMARTS) is 1. The highest BCUT2D eigenvalue weighted by Crippen LogP contribution is 2.46. The monoisotopic (exact) mass is 802 g/mol. The van der Waals surface area contributed by atoms with Gasteiger partial charge in [-0.1, -0.05) is 42.5 Å². The van der Waals surface area contributed by atoms with Crippen molar-refractivity contribution < 1.29 is 45.4 Å². The lowest BCUT2D eigenvalue weighted by Crippen LogP contribution is -2.43. The van der Waals surface area contributed by atoms with Crippen LogP contribution in [0.4, 0.5) is 23.2 Å². The van der Waals surface area contributed by atoms with Gasteiger partial charge in [0.25, 0.3) is 0 Å². The van der Waals surface area contributed by atoms with Crippen LogP contribution < -0.4 is 9.64 Å². The molecule has 0 bridgehead atoms. The van der Waals surface area contributed by atoms with Crippen LogP contribution >= 0.6 is 15.9 Å². The molecular formula is C38H35BrF4N2O6S. The van der Waals surface area contributed by atoms with Crippen LogP contribution in [0.5, 0.6) is 5.75 Å². The van der Waals surface area contributed by atoms with E-state index in [0.717, 1.165) is 42.4 Å². The van der Waals surface area contributed by atoms with Crippen LogP contribution in [0.1, 0.15) is 82.6 Å². The second-order valence-electron chi connectivity index (χ2n) is 13.1. The third-order valence-corrected chi connectivity index (χ3v) is 12.1. The summed E-state index contributed by atoms with van der Waals surface area (Å²) in [4.78, 5) is 26.3. The van der Waals surface area contributed by atoms with Gasteiger partial charge in [0.15, 0.2) is 23.3 Å². The largest absolute Gasteiger partial charge is 0.492 e. The van der Waals surface area contributed by atoms with Gasteiger partial charge in [-0.2, -0.15) is 4.31 Å². The predicted octanol–water partition coefficient (Wildman–Crippen LogP) is 8.59. The molecule has 52 heavy (non-hydrogen) atoms. The number of hydrogen-bond donors (Lipinski definition) is 1. The first kappa shape index (κ1) is 37.5. The standard InChI is InChI=1S/C38H35BrF4N2O6S/c1-3-51-30-17-25(38(47)48)12-13-29(30)45(18-22-14-27(23-8-9-23)16-28(15-22)24-10-11-24)31(46)20-44(19-26-7-5-4-6-21(26)2)52(49,50)37-32(39)33(40)34(41)35(42)36(37)43/h4-7,12-17,23-24H,3,8-11,18-20H2,1-2H3,(H,47,48). The van der Waals surface area contributed by atoms with Crippen molar-refractivity contribution >= 4 is 43.5 Å². The summed E-state index contributed by atoms with van der Waals surface area (Å²) in [6.07, 6.45) is 4.13.